The van der Waals surface area contributed by atoms with Crippen LogP contribution in [0, 0.1) is 6.92 Å². The number of urea groups is 1. The molecule has 148 valence electrons. The summed E-state index contributed by atoms with van der Waals surface area (Å²) in [6, 6.07) is 12.4. The molecule has 1 saturated heterocycles. The molecule has 0 aromatic heterocycles. The second-order valence-electron chi connectivity index (χ2n) is 8.28. The number of imide groups is 1. The standard InChI is InChI=1S/C23H23N3O3/c1-14-9-15(11-25-13-21(27)24(2)23(25)29)3-7-19(14)16-4-8-20-17(10-16)12-26(22(20)28)18-5-6-18/h3-4,7-10,18H,5-6,11-13H2,1-2H3. The van der Waals surface area contributed by atoms with Gasteiger partial charge in [0, 0.05) is 31.7 Å². The van der Waals surface area contributed by atoms with E-state index in [0.29, 0.717) is 19.1 Å². The molecule has 0 bridgehead atoms. The van der Waals surface area contributed by atoms with Crippen LogP contribution in [0.25, 0.3) is 11.1 Å². The monoisotopic (exact) mass is 389 g/mol. The topological polar surface area (TPSA) is 60.9 Å². The van der Waals surface area contributed by atoms with E-state index in [-0.39, 0.29) is 24.4 Å². The molecule has 1 aliphatic carbocycles. The van der Waals surface area contributed by atoms with Gasteiger partial charge in [0.2, 0.25) is 5.91 Å². The third-order valence-corrected chi connectivity index (χ3v) is 6.16. The lowest BCUT2D eigenvalue weighted by molar-refractivity contribution is -0.124. The first-order valence-corrected chi connectivity index (χ1v) is 10.0. The van der Waals surface area contributed by atoms with Crippen LogP contribution in [0.4, 0.5) is 4.79 Å². The predicted octanol–water partition coefficient (Wildman–Crippen LogP) is 3.17. The molecule has 2 aromatic carbocycles. The van der Waals surface area contributed by atoms with Crippen molar-refractivity contribution in [1.82, 2.24) is 14.7 Å². The van der Waals surface area contributed by atoms with E-state index in [1.807, 2.05) is 23.1 Å². The van der Waals surface area contributed by atoms with Crippen molar-refractivity contribution in [2.75, 3.05) is 13.6 Å². The summed E-state index contributed by atoms with van der Waals surface area (Å²) in [5.41, 5.74) is 6.26. The number of hydrogen-bond acceptors (Lipinski definition) is 3. The highest BCUT2D eigenvalue weighted by Gasteiger charge is 2.38. The second-order valence-corrected chi connectivity index (χ2v) is 8.28. The van der Waals surface area contributed by atoms with Crippen LogP contribution < -0.4 is 0 Å². The molecule has 0 unspecified atom stereocenters. The van der Waals surface area contributed by atoms with Crippen molar-refractivity contribution in [2.45, 2.75) is 38.9 Å². The van der Waals surface area contributed by atoms with Crippen LogP contribution in [0.3, 0.4) is 0 Å². The summed E-state index contributed by atoms with van der Waals surface area (Å²) in [7, 11) is 1.52. The minimum Gasteiger partial charge on any atom is -0.331 e. The largest absolute Gasteiger partial charge is 0.331 e. The van der Waals surface area contributed by atoms with Crippen molar-refractivity contribution in [3.05, 3.63) is 58.7 Å². The zero-order chi connectivity index (χ0) is 20.3. The van der Waals surface area contributed by atoms with Gasteiger partial charge < -0.3 is 9.80 Å². The molecule has 0 radical (unpaired) electrons. The Kier molecular flexibility index (Phi) is 3.98. The maximum Gasteiger partial charge on any atom is 0.327 e. The molecular formula is C23H23N3O3. The van der Waals surface area contributed by atoms with Crippen LogP contribution in [-0.2, 0) is 17.9 Å². The van der Waals surface area contributed by atoms with E-state index in [4.69, 9.17) is 0 Å². The molecule has 6 heteroatoms. The first-order valence-electron chi connectivity index (χ1n) is 10.0. The SMILES string of the molecule is Cc1cc(CN2CC(=O)N(C)C2=O)ccc1-c1ccc2c(c1)CN(C1CC1)C2=O. The Morgan fingerprint density at radius 3 is 2.38 bits per heavy atom. The van der Waals surface area contributed by atoms with Gasteiger partial charge in [-0.05, 0) is 59.7 Å². The Labute approximate surface area is 169 Å². The van der Waals surface area contributed by atoms with Gasteiger partial charge >= 0.3 is 6.03 Å². The van der Waals surface area contributed by atoms with Crippen LogP contribution in [0.5, 0.6) is 0 Å². The van der Waals surface area contributed by atoms with Crippen LogP contribution in [0.15, 0.2) is 36.4 Å². The third kappa shape index (κ3) is 2.99. The summed E-state index contributed by atoms with van der Waals surface area (Å²) in [6.07, 6.45) is 2.24. The van der Waals surface area contributed by atoms with Crippen molar-refractivity contribution < 1.29 is 14.4 Å². The van der Waals surface area contributed by atoms with Gasteiger partial charge in [0.25, 0.3) is 5.91 Å². The van der Waals surface area contributed by atoms with E-state index < -0.39 is 0 Å². The van der Waals surface area contributed by atoms with Crippen molar-refractivity contribution in [1.29, 1.82) is 0 Å². The van der Waals surface area contributed by atoms with Crippen molar-refractivity contribution in [2.24, 2.45) is 0 Å². The van der Waals surface area contributed by atoms with Crippen molar-refractivity contribution in [3.63, 3.8) is 0 Å². The molecule has 6 nitrogen and oxygen atoms in total. The second kappa shape index (κ2) is 6.44. The lowest BCUT2D eigenvalue weighted by Crippen LogP contribution is -2.29. The molecule has 0 atom stereocenters. The van der Waals surface area contributed by atoms with Gasteiger partial charge in [-0.3, -0.25) is 14.5 Å². The fraction of sp³-hybridized carbons (Fsp3) is 0.348. The molecule has 0 spiro atoms. The van der Waals surface area contributed by atoms with E-state index in [1.165, 1.54) is 7.05 Å². The van der Waals surface area contributed by atoms with E-state index >= 15 is 0 Å². The summed E-state index contributed by atoms with van der Waals surface area (Å²) < 4.78 is 0. The lowest BCUT2D eigenvalue weighted by atomic mass is 9.95. The number of amides is 4. The fourth-order valence-electron chi connectivity index (χ4n) is 4.34. The molecule has 5 rings (SSSR count). The average Bonchev–Trinajstić information content (AvgIpc) is 3.45. The number of carbonyl (C=O) groups excluding carboxylic acids is 3. The van der Waals surface area contributed by atoms with Crippen molar-refractivity contribution in [3.8, 4) is 11.1 Å². The number of hydrogen-bond donors (Lipinski definition) is 0. The highest BCUT2D eigenvalue weighted by Crippen LogP contribution is 2.36. The molecule has 0 N–H and O–H groups in total. The van der Waals surface area contributed by atoms with Crippen molar-refractivity contribution >= 4 is 17.8 Å². The smallest absolute Gasteiger partial charge is 0.327 e. The molecule has 1 saturated carbocycles. The number of rotatable bonds is 4. The van der Waals surface area contributed by atoms with Gasteiger partial charge in [-0.15, -0.1) is 0 Å². The summed E-state index contributed by atoms with van der Waals surface area (Å²) in [6.45, 7) is 3.32. The molecule has 29 heavy (non-hydrogen) atoms. The zero-order valence-corrected chi connectivity index (χ0v) is 16.6. The van der Waals surface area contributed by atoms with Gasteiger partial charge in [0.05, 0.1) is 0 Å². The fourth-order valence-corrected chi connectivity index (χ4v) is 4.34. The van der Waals surface area contributed by atoms with Crippen LogP contribution >= 0.6 is 0 Å². The van der Waals surface area contributed by atoms with Gasteiger partial charge in [0.1, 0.15) is 6.54 Å². The van der Waals surface area contributed by atoms with Crippen LogP contribution in [-0.4, -0.2) is 52.2 Å². The Morgan fingerprint density at radius 1 is 0.966 bits per heavy atom. The molecular weight excluding hydrogens is 366 g/mol. The molecule has 2 aliphatic heterocycles. The summed E-state index contributed by atoms with van der Waals surface area (Å²) in [4.78, 5) is 41.1. The number of nitrogens with zero attached hydrogens (tertiary/aromatic N) is 3. The van der Waals surface area contributed by atoms with Gasteiger partial charge in [-0.25, -0.2) is 4.79 Å². The average molecular weight is 389 g/mol. The van der Waals surface area contributed by atoms with E-state index in [1.54, 1.807) is 4.90 Å². The maximum absolute atomic E-state index is 12.5. The minimum atomic E-state index is -0.250. The van der Waals surface area contributed by atoms with E-state index in [0.717, 1.165) is 51.1 Å². The molecule has 2 aromatic rings. The van der Waals surface area contributed by atoms with Gasteiger partial charge in [0.15, 0.2) is 0 Å². The minimum absolute atomic E-state index is 0.131. The Bertz CT molecular complexity index is 1060. The molecule has 4 amide bonds. The third-order valence-electron chi connectivity index (χ3n) is 6.16. The summed E-state index contributed by atoms with van der Waals surface area (Å²) in [5.74, 6) is -0.00723. The van der Waals surface area contributed by atoms with Gasteiger partial charge in [-0.2, -0.15) is 0 Å². The number of aryl methyl sites for hydroxylation is 1. The quantitative estimate of drug-likeness (QED) is 0.755. The molecule has 2 fully saturated rings. The lowest BCUT2D eigenvalue weighted by Gasteiger charge is -2.16. The predicted molar refractivity (Wildman–Crippen MR) is 108 cm³/mol. The zero-order valence-electron chi connectivity index (χ0n) is 16.6. The number of benzene rings is 2. The van der Waals surface area contributed by atoms with Crippen LogP contribution in [0.2, 0.25) is 0 Å². The summed E-state index contributed by atoms with van der Waals surface area (Å²) in [5, 5.41) is 0. The number of fused-ring (bicyclic) bond motifs is 1. The first-order chi connectivity index (χ1) is 13.9. The Hall–Kier alpha value is -3.15. The highest BCUT2D eigenvalue weighted by molar-refractivity contribution is 6.01. The molecule has 3 aliphatic rings. The Balaban J connectivity index is 1.38. The maximum atomic E-state index is 12.5. The normalized spacial score (nSPS) is 18.8. The van der Waals surface area contributed by atoms with Crippen LogP contribution in [0.1, 0.15) is 39.9 Å². The number of likely N-dealkylation sites (N-methyl/N-ethyl adjacent to an activating group) is 1. The van der Waals surface area contributed by atoms with E-state index in [9.17, 15) is 14.4 Å². The Morgan fingerprint density at radius 2 is 1.72 bits per heavy atom. The summed E-state index contributed by atoms with van der Waals surface area (Å²) >= 11 is 0. The van der Waals surface area contributed by atoms with Gasteiger partial charge in [-0.1, -0.05) is 24.3 Å². The first kappa shape index (κ1) is 17.9. The number of carbonyl (C=O) groups is 3. The highest BCUT2D eigenvalue weighted by atomic mass is 16.2. The molecule has 2 heterocycles. The van der Waals surface area contributed by atoms with E-state index in [2.05, 4.69) is 25.1 Å².